The summed E-state index contributed by atoms with van der Waals surface area (Å²) in [5, 5.41) is 2.97. The Bertz CT molecular complexity index is 690. The lowest BCUT2D eigenvalue weighted by molar-refractivity contribution is -0.140. The number of nitrogens with one attached hydrogen (secondary N) is 1. The van der Waals surface area contributed by atoms with Crippen LogP contribution in [0.2, 0.25) is 0 Å². The highest BCUT2D eigenvalue weighted by molar-refractivity contribution is 5.89. The van der Waals surface area contributed by atoms with Crippen LogP contribution in [0.3, 0.4) is 0 Å². The number of hydrogen-bond acceptors (Lipinski definition) is 4. The third-order valence-corrected chi connectivity index (χ3v) is 6.61. The largest absolute Gasteiger partial charge is 0.384 e. The lowest BCUT2D eigenvalue weighted by atomic mass is 9.96. The van der Waals surface area contributed by atoms with Crippen molar-refractivity contribution in [3.05, 3.63) is 35.4 Å². The SMILES string of the molecule is COCC1CCN(C(=O)C[C@@H]2C(=O)NCCN2C2Cc3ccccc3C2)CC1. The van der Waals surface area contributed by atoms with Crippen molar-refractivity contribution in [1.29, 1.82) is 0 Å². The molecular formula is C22H31N3O3. The molecule has 2 heterocycles. The highest BCUT2D eigenvalue weighted by Crippen LogP contribution is 2.28. The average molecular weight is 386 g/mol. The van der Waals surface area contributed by atoms with Gasteiger partial charge in [-0.1, -0.05) is 24.3 Å². The van der Waals surface area contributed by atoms with Crippen molar-refractivity contribution in [3.63, 3.8) is 0 Å². The van der Waals surface area contributed by atoms with Crippen molar-refractivity contribution in [2.75, 3.05) is 39.9 Å². The molecule has 0 unspecified atom stereocenters. The second-order valence-electron chi connectivity index (χ2n) is 8.36. The number of ether oxygens (including phenoxy) is 1. The van der Waals surface area contributed by atoms with E-state index in [9.17, 15) is 9.59 Å². The zero-order valence-corrected chi connectivity index (χ0v) is 16.7. The maximum absolute atomic E-state index is 12.9. The van der Waals surface area contributed by atoms with Crippen molar-refractivity contribution in [3.8, 4) is 0 Å². The number of carbonyl (C=O) groups is 2. The Hall–Kier alpha value is -1.92. The lowest BCUT2D eigenvalue weighted by Crippen LogP contribution is -2.60. The summed E-state index contributed by atoms with van der Waals surface area (Å²) in [7, 11) is 1.73. The summed E-state index contributed by atoms with van der Waals surface area (Å²) in [4.78, 5) is 29.8. The Labute approximate surface area is 167 Å². The van der Waals surface area contributed by atoms with Crippen LogP contribution in [0, 0.1) is 5.92 Å². The highest BCUT2D eigenvalue weighted by atomic mass is 16.5. The van der Waals surface area contributed by atoms with Crippen LogP contribution < -0.4 is 5.32 Å². The quantitative estimate of drug-likeness (QED) is 0.828. The van der Waals surface area contributed by atoms with Gasteiger partial charge in [0.2, 0.25) is 11.8 Å². The highest BCUT2D eigenvalue weighted by Gasteiger charge is 2.39. The number of rotatable bonds is 5. The molecule has 2 fully saturated rings. The maximum atomic E-state index is 12.9. The third-order valence-electron chi connectivity index (χ3n) is 6.61. The Morgan fingerprint density at radius 2 is 1.82 bits per heavy atom. The Morgan fingerprint density at radius 1 is 1.14 bits per heavy atom. The van der Waals surface area contributed by atoms with E-state index >= 15 is 0 Å². The molecule has 28 heavy (non-hydrogen) atoms. The molecule has 6 nitrogen and oxygen atoms in total. The normalized spacial score (nSPS) is 24.2. The second kappa shape index (κ2) is 8.62. The second-order valence-corrected chi connectivity index (χ2v) is 8.36. The molecule has 1 aromatic rings. The van der Waals surface area contributed by atoms with Crippen molar-refractivity contribution in [2.45, 2.75) is 44.2 Å². The fraction of sp³-hybridized carbons (Fsp3) is 0.636. The summed E-state index contributed by atoms with van der Waals surface area (Å²) in [6.45, 7) is 3.80. The molecule has 0 saturated carbocycles. The van der Waals surface area contributed by atoms with Gasteiger partial charge < -0.3 is 15.0 Å². The minimum absolute atomic E-state index is 0.00447. The van der Waals surface area contributed by atoms with Crippen LogP contribution in [0.1, 0.15) is 30.4 Å². The molecule has 0 radical (unpaired) electrons. The summed E-state index contributed by atoms with van der Waals surface area (Å²) in [6.07, 6.45) is 4.19. The number of benzene rings is 1. The van der Waals surface area contributed by atoms with Crippen LogP contribution in [-0.2, 0) is 27.2 Å². The average Bonchev–Trinajstić information content (AvgIpc) is 3.14. The van der Waals surface area contributed by atoms with E-state index in [0.717, 1.165) is 51.9 Å². The predicted molar refractivity (Wildman–Crippen MR) is 107 cm³/mol. The molecule has 3 aliphatic rings. The van der Waals surface area contributed by atoms with Crippen LogP contribution in [-0.4, -0.2) is 73.6 Å². The van der Waals surface area contributed by atoms with E-state index in [1.54, 1.807) is 7.11 Å². The van der Waals surface area contributed by atoms with Gasteiger partial charge in [-0.15, -0.1) is 0 Å². The van der Waals surface area contributed by atoms with Crippen LogP contribution in [0.15, 0.2) is 24.3 Å². The first kappa shape index (κ1) is 19.4. The van der Waals surface area contributed by atoms with E-state index in [0.29, 0.717) is 18.5 Å². The first-order valence-corrected chi connectivity index (χ1v) is 10.5. The van der Waals surface area contributed by atoms with Crippen LogP contribution in [0.5, 0.6) is 0 Å². The number of fused-ring (bicyclic) bond motifs is 1. The smallest absolute Gasteiger partial charge is 0.237 e. The van der Waals surface area contributed by atoms with Gasteiger partial charge in [0.05, 0.1) is 12.5 Å². The molecule has 1 aliphatic carbocycles. The van der Waals surface area contributed by atoms with E-state index in [4.69, 9.17) is 4.74 Å². The van der Waals surface area contributed by atoms with Gasteiger partial charge in [-0.2, -0.15) is 0 Å². The van der Waals surface area contributed by atoms with Crippen molar-refractivity contribution >= 4 is 11.8 Å². The number of amides is 2. The topological polar surface area (TPSA) is 61.9 Å². The first-order valence-electron chi connectivity index (χ1n) is 10.5. The van der Waals surface area contributed by atoms with Crippen molar-refractivity contribution < 1.29 is 14.3 Å². The van der Waals surface area contributed by atoms with Crippen LogP contribution in [0.25, 0.3) is 0 Å². The fourth-order valence-electron chi connectivity index (χ4n) is 5.03. The van der Waals surface area contributed by atoms with E-state index < -0.39 is 0 Å². The number of piperidine rings is 1. The first-order chi connectivity index (χ1) is 13.7. The summed E-state index contributed by atoms with van der Waals surface area (Å²) < 4.78 is 5.25. The number of methoxy groups -OCH3 is 1. The zero-order valence-electron chi connectivity index (χ0n) is 16.7. The fourth-order valence-corrected chi connectivity index (χ4v) is 5.03. The standard InChI is InChI=1S/C22H31N3O3/c1-28-15-16-6-9-24(10-7-16)21(26)14-20-22(27)23-8-11-25(20)19-12-17-4-2-3-5-18(17)13-19/h2-5,16,19-20H,6-15H2,1H3,(H,23,27)/t20-/m1/s1. The molecule has 2 saturated heterocycles. The zero-order chi connectivity index (χ0) is 19.5. The van der Waals surface area contributed by atoms with Gasteiger partial charge in [0.25, 0.3) is 0 Å². The van der Waals surface area contributed by atoms with Crippen molar-refractivity contribution in [2.24, 2.45) is 5.92 Å². The third kappa shape index (κ3) is 4.08. The van der Waals surface area contributed by atoms with E-state index in [2.05, 4.69) is 34.5 Å². The molecule has 0 aromatic heterocycles. The van der Waals surface area contributed by atoms with E-state index in [1.165, 1.54) is 11.1 Å². The van der Waals surface area contributed by atoms with Gasteiger partial charge in [-0.25, -0.2) is 0 Å². The molecule has 1 N–H and O–H groups in total. The Balaban J connectivity index is 1.39. The molecule has 2 aliphatic heterocycles. The van der Waals surface area contributed by atoms with Gasteiger partial charge in [-0.3, -0.25) is 14.5 Å². The summed E-state index contributed by atoms with van der Waals surface area (Å²) in [5.41, 5.74) is 2.76. The number of carbonyl (C=O) groups excluding carboxylic acids is 2. The van der Waals surface area contributed by atoms with Gasteiger partial charge >= 0.3 is 0 Å². The monoisotopic (exact) mass is 385 g/mol. The molecule has 0 spiro atoms. The van der Waals surface area contributed by atoms with Gasteiger partial charge in [0.1, 0.15) is 0 Å². The number of nitrogens with zero attached hydrogens (tertiary/aromatic N) is 2. The van der Waals surface area contributed by atoms with Gasteiger partial charge in [-0.05, 0) is 42.7 Å². The van der Waals surface area contributed by atoms with E-state index in [-0.39, 0.29) is 24.3 Å². The molecule has 152 valence electrons. The summed E-state index contributed by atoms with van der Waals surface area (Å²) >= 11 is 0. The molecule has 2 amide bonds. The molecule has 1 aromatic carbocycles. The molecule has 1 atom stereocenters. The molecule has 4 rings (SSSR count). The lowest BCUT2D eigenvalue weighted by Gasteiger charge is -2.40. The molecule has 6 heteroatoms. The summed E-state index contributed by atoms with van der Waals surface area (Å²) in [5.74, 6) is 0.656. The van der Waals surface area contributed by atoms with Crippen molar-refractivity contribution in [1.82, 2.24) is 15.1 Å². The number of likely N-dealkylation sites (tertiary alicyclic amines) is 1. The minimum Gasteiger partial charge on any atom is -0.384 e. The van der Waals surface area contributed by atoms with E-state index in [1.807, 2.05) is 4.90 Å². The summed E-state index contributed by atoms with van der Waals surface area (Å²) in [6, 6.07) is 8.50. The van der Waals surface area contributed by atoms with Crippen LogP contribution >= 0.6 is 0 Å². The maximum Gasteiger partial charge on any atom is 0.237 e. The Kier molecular flexibility index (Phi) is 5.97. The molecule has 0 bridgehead atoms. The number of hydrogen-bond donors (Lipinski definition) is 1. The van der Waals surface area contributed by atoms with Gasteiger partial charge in [0, 0.05) is 45.9 Å². The number of piperazine rings is 1. The van der Waals surface area contributed by atoms with Gasteiger partial charge in [0.15, 0.2) is 0 Å². The predicted octanol–water partition coefficient (Wildman–Crippen LogP) is 1.23. The minimum atomic E-state index is -0.350. The molecular weight excluding hydrogens is 354 g/mol. The Morgan fingerprint density at radius 3 is 2.46 bits per heavy atom. The van der Waals surface area contributed by atoms with Crippen LogP contribution in [0.4, 0.5) is 0 Å².